The van der Waals surface area contributed by atoms with Crippen LogP contribution < -0.4 is 0 Å². The minimum atomic E-state index is 0.431. The summed E-state index contributed by atoms with van der Waals surface area (Å²) in [7, 11) is 0. The summed E-state index contributed by atoms with van der Waals surface area (Å²) in [5, 5.41) is 12.6. The Hall–Kier alpha value is -2.87. The van der Waals surface area contributed by atoms with E-state index < -0.39 is 0 Å². The minimum Gasteiger partial charge on any atom is -0.469 e. The van der Waals surface area contributed by atoms with Crippen molar-refractivity contribution in [1.29, 1.82) is 0 Å². The second-order valence-corrected chi connectivity index (χ2v) is 7.27. The summed E-state index contributed by atoms with van der Waals surface area (Å²) in [6.45, 7) is 6.17. The molecule has 0 bridgehead atoms. The molecule has 4 rings (SSSR count). The van der Waals surface area contributed by atoms with Gasteiger partial charge in [-0.2, -0.15) is 4.98 Å². The monoisotopic (exact) mass is 382 g/mol. The lowest BCUT2D eigenvalue weighted by Crippen LogP contribution is -1.88. The molecule has 0 unspecified atom stereocenters. The number of hydrogen-bond acceptors (Lipinski definition) is 8. The number of aromatic nitrogens is 4. The largest absolute Gasteiger partial charge is 0.469 e. The van der Waals surface area contributed by atoms with Gasteiger partial charge in [-0.05, 0) is 24.5 Å². The van der Waals surface area contributed by atoms with E-state index in [0.29, 0.717) is 34.5 Å². The van der Waals surface area contributed by atoms with Gasteiger partial charge in [0.05, 0.1) is 17.6 Å². The number of aryl methyl sites for hydroxylation is 1. The van der Waals surface area contributed by atoms with Crippen LogP contribution in [0.15, 0.2) is 55.2 Å². The third kappa shape index (κ3) is 3.80. The van der Waals surface area contributed by atoms with E-state index in [1.807, 2.05) is 19.1 Å². The molecule has 0 saturated carbocycles. The van der Waals surface area contributed by atoms with Crippen molar-refractivity contribution in [2.45, 2.75) is 37.7 Å². The highest BCUT2D eigenvalue weighted by molar-refractivity contribution is 7.98. The van der Waals surface area contributed by atoms with Gasteiger partial charge in [0, 0.05) is 5.56 Å². The molecule has 0 saturated heterocycles. The van der Waals surface area contributed by atoms with Crippen LogP contribution in [-0.2, 0) is 5.75 Å². The molecule has 0 aliphatic heterocycles. The summed E-state index contributed by atoms with van der Waals surface area (Å²) in [4.78, 5) is 4.44. The Morgan fingerprint density at radius 1 is 1.07 bits per heavy atom. The van der Waals surface area contributed by atoms with Crippen molar-refractivity contribution in [2.75, 3.05) is 0 Å². The zero-order valence-electron chi connectivity index (χ0n) is 15.2. The first-order valence-electron chi connectivity index (χ1n) is 8.54. The fourth-order valence-corrected chi connectivity index (χ4v) is 3.16. The Balaban J connectivity index is 1.41. The highest BCUT2D eigenvalue weighted by atomic mass is 32.2. The van der Waals surface area contributed by atoms with Crippen molar-refractivity contribution < 1.29 is 13.4 Å². The molecule has 4 aromatic rings. The molecule has 3 heterocycles. The van der Waals surface area contributed by atoms with Crippen LogP contribution in [-0.4, -0.2) is 20.3 Å². The number of rotatable bonds is 6. The highest BCUT2D eigenvalue weighted by Crippen LogP contribution is 2.28. The summed E-state index contributed by atoms with van der Waals surface area (Å²) in [6.07, 6.45) is 1.59. The molecule has 0 radical (unpaired) electrons. The van der Waals surface area contributed by atoms with Crippen molar-refractivity contribution in [3.8, 4) is 22.8 Å². The van der Waals surface area contributed by atoms with Gasteiger partial charge in [0.15, 0.2) is 0 Å². The van der Waals surface area contributed by atoms with Gasteiger partial charge in [0.2, 0.25) is 11.7 Å². The van der Waals surface area contributed by atoms with Crippen LogP contribution in [0.25, 0.3) is 22.8 Å². The normalized spacial score (nSPS) is 11.4. The lowest BCUT2D eigenvalue weighted by molar-refractivity contribution is 0.391. The molecule has 7 nitrogen and oxygen atoms in total. The summed E-state index contributed by atoms with van der Waals surface area (Å²) >= 11 is 1.35. The van der Waals surface area contributed by atoms with Crippen LogP contribution in [0.1, 0.15) is 37.0 Å². The van der Waals surface area contributed by atoms with Crippen molar-refractivity contribution in [1.82, 2.24) is 20.3 Å². The predicted molar refractivity (Wildman–Crippen MR) is 100 cm³/mol. The van der Waals surface area contributed by atoms with Crippen molar-refractivity contribution in [3.05, 3.63) is 53.8 Å². The van der Waals surface area contributed by atoms with Gasteiger partial charge in [0.25, 0.3) is 11.1 Å². The van der Waals surface area contributed by atoms with Gasteiger partial charge in [0.1, 0.15) is 5.76 Å². The maximum atomic E-state index is 5.65. The van der Waals surface area contributed by atoms with Crippen molar-refractivity contribution in [3.63, 3.8) is 0 Å². The zero-order chi connectivity index (χ0) is 18.8. The first-order valence-corrected chi connectivity index (χ1v) is 9.52. The van der Waals surface area contributed by atoms with E-state index >= 15 is 0 Å². The van der Waals surface area contributed by atoms with E-state index in [0.717, 1.165) is 16.9 Å². The van der Waals surface area contributed by atoms with Crippen LogP contribution in [0.3, 0.4) is 0 Å². The maximum Gasteiger partial charge on any atom is 0.277 e. The number of hydrogen-bond donors (Lipinski definition) is 0. The molecule has 0 N–H and O–H groups in total. The van der Waals surface area contributed by atoms with E-state index in [9.17, 15) is 0 Å². The molecule has 1 aromatic carbocycles. The van der Waals surface area contributed by atoms with Crippen LogP contribution in [0, 0.1) is 6.92 Å². The topological polar surface area (TPSA) is 91.0 Å². The van der Waals surface area contributed by atoms with Gasteiger partial charge in [-0.15, -0.1) is 10.2 Å². The van der Waals surface area contributed by atoms with Crippen LogP contribution in [0.5, 0.6) is 0 Å². The lowest BCUT2D eigenvalue weighted by atomic mass is 10.0. The third-order valence-corrected chi connectivity index (χ3v) is 4.92. The molecule has 0 spiro atoms. The Labute approximate surface area is 160 Å². The fourth-order valence-electron chi connectivity index (χ4n) is 2.56. The SMILES string of the molecule is Cc1occc1-c1nnc(SCc2nc(-c3ccc(C(C)C)cc3)no2)o1. The molecule has 3 aromatic heterocycles. The summed E-state index contributed by atoms with van der Waals surface area (Å²) in [5.74, 6) is 3.17. The van der Waals surface area contributed by atoms with Crippen molar-refractivity contribution in [2.24, 2.45) is 0 Å². The van der Waals surface area contributed by atoms with Gasteiger partial charge in [-0.1, -0.05) is 55.0 Å². The average molecular weight is 382 g/mol. The van der Waals surface area contributed by atoms with E-state index in [-0.39, 0.29) is 0 Å². The van der Waals surface area contributed by atoms with Crippen LogP contribution in [0.4, 0.5) is 0 Å². The van der Waals surface area contributed by atoms with E-state index in [4.69, 9.17) is 13.4 Å². The van der Waals surface area contributed by atoms with E-state index in [2.05, 4.69) is 46.3 Å². The minimum absolute atomic E-state index is 0.431. The van der Waals surface area contributed by atoms with Gasteiger partial charge < -0.3 is 13.4 Å². The second kappa shape index (κ2) is 7.40. The summed E-state index contributed by atoms with van der Waals surface area (Å²) in [5.41, 5.74) is 2.99. The fraction of sp³-hybridized carbons (Fsp3) is 0.263. The Morgan fingerprint density at radius 2 is 1.89 bits per heavy atom. The number of benzene rings is 1. The Bertz CT molecular complexity index is 1030. The van der Waals surface area contributed by atoms with Crippen molar-refractivity contribution >= 4 is 11.8 Å². The molecule has 0 amide bonds. The Kier molecular flexibility index (Phi) is 4.81. The average Bonchev–Trinajstić information content (AvgIpc) is 3.40. The standard InChI is InChI=1S/C19H18N4O3S/c1-11(2)13-4-6-14(7-5-13)17-20-16(26-23-17)10-27-19-22-21-18(25-19)15-8-9-24-12(15)3/h4-9,11H,10H2,1-3H3. The quantitative estimate of drug-likeness (QED) is 0.425. The Morgan fingerprint density at radius 3 is 2.59 bits per heavy atom. The maximum absolute atomic E-state index is 5.65. The van der Waals surface area contributed by atoms with Crippen LogP contribution in [0.2, 0.25) is 0 Å². The first kappa shape index (κ1) is 17.5. The number of furan rings is 1. The van der Waals surface area contributed by atoms with Gasteiger partial charge >= 0.3 is 0 Å². The van der Waals surface area contributed by atoms with E-state index in [1.165, 1.54) is 17.3 Å². The first-order chi connectivity index (χ1) is 13.1. The number of nitrogens with zero attached hydrogens (tertiary/aromatic N) is 4. The third-order valence-electron chi connectivity index (χ3n) is 4.12. The highest BCUT2D eigenvalue weighted by Gasteiger charge is 2.15. The van der Waals surface area contributed by atoms with E-state index in [1.54, 1.807) is 12.3 Å². The molecule has 138 valence electrons. The molecule has 0 fully saturated rings. The zero-order valence-corrected chi connectivity index (χ0v) is 16.0. The molecule has 8 heteroatoms. The van der Waals surface area contributed by atoms with Crippen LogP contribution >= 0.6 is 11.8 Å². The molecule has 0 aliphatic carbocycles. The summed E-state index contributed by atoms with van der Waals surface area (Å²) in [6, 6.07) is 9.99. The van der Waals surface area contributed by atoms with Gasteiger partial charge in [-0.3, -0.25) is 0 Å². The predicted octanol–water partition coefficient (Wildman–Crippen LogP) is 5.10. The van der Waals surface area contributed by atoms with Gasteiger partial charge in [-0.25, -0.2) is 0 Å². The summed E-state index contributed by atoms with van der Waals surface area (Å²) < 4.78 is 16.2. The molecule has 0 aliphatic rings. The second-order valence-electron chi connectivity index (χ2n) is 6.34. The molecular formula is C19H18N4O3S. The lowest BCUT2D eigenvalue weighted by Gasteiger charge is -2.04. The smallest absolute Gasteiger partial charge is 0.277 e. The number of thioether (sulfide) groups is 1. The molecular weight excluding hydrogens is 364 g/mol. The molecule has 27 heavy (non-hydrogen) atoms. The molecule has 0 atom stereocenters.